The summed E-state index contributed by atoms with van der Waals surface area (Å²) in [5.74, 6) is 0.711. The average Bonchev–Trinajstić information content (AvgIpc) is 3.15. The summed E-state index contributed by atoms with van der Waals surface area (Å²) >= 11 is 0. The number of aromatic nitrogens is 2. The van der Waals surface area contributed by atoms with Gasteiger partial charge in [0.25, 0.3) is 0 Å². The molecule has 0 N–H and O–H groups in total. The number of hydrogen-bond acceptors (Lipinski definition) is 4. The number of aliphatic imine (C=N–C) groups is 1. The molecule has 0 bridgehead atoms. The molecule has 36 heavy (non-hydrogen) atoms. The highest BCUT2D eigenvalue weighted by atomic mass is 19.4. The fraction of sp³-hybridized carbons (Fsp3) is 0.250. The van der Waals surface area contributed by atoms with Crippen LogP contribution >= 0.6 is 0 Å². The van der Waals surface area contributed by atoms with Gasteiger partial charge in [-0.05, 0) is 59.0 Å². The molecule has 0 aliphatic heterocycles. The standard InChI is InChI=1S/C28H26F3N3O2/c1-18(2)24-7-5-4-6-21(24)15-22(35)17-32-16-19-8-13-25-26(14-19)34(3)27(33-25)20-9-11-23(12-10-20)36-28(29,30)31/h4-14,16,18H,15,17H2,1-3H3. The Hall–Kier alpha value is -3.94. The molecule has 3 aromatic carbocycles. The Labute approximate surface area is 207 Å². The highest BCUT2D eigenvalue weighted by Gasteiger charge is 2.31. The van der Waals surface area contributed by atoms with Gasteiger partial charge in [-0.1, -0.05) is 44.2 Å². The molecule has 1 aromatic heterocycles. The molecule has 8 heteroatoms. The summed E-state index contributed by atoms with van der Waals surface area (Å²) in [6, 6.07) is 19.2. The molecule has 0 spiro atoms. The molecule has 0 unspecified atom stereocenters. The number of aryl methyl sites for hydroxylation is 1. The number of rotatable bonds is 8. The fourth-order valence-corrected chi connectivity index (χ4v) is 4.13. The third kappa shape index (κ3) is 6.00. The van der Waals surface area contributed by atoms with Gasteiger partial charge in [0.05, 0.1) is 17.6 Å². The number of nitrogens with zero attached hydrogens (tertiary/aromatic N) is 3. The minimum Gasteiger partial charge on any atom is -0.406 e. The zero-order chi connectivity index (χ0) is 25.9. The monoisotopic (exact) mass is 493 g/mol. The molecule has 0 radical (unpaired) electrons. The lowest BCUT2D eigenvalue weighted by Gasteiger charge is -2.11. The topological polar surface area (TPSA) is 56.5 Å². The molecule has 1 heterocycles. The van der Waals surface area contributed by atoms with Crippen LogP contribution in [0, 0.1) is 0 Å². The van der Waals surface area contributed by atoms with Gasteiger partial charge in [0.2, 0.25) is 0 Å². The van der Waals surface area contributed by atoms with Crippen LogP contribution in [-0.4, -0.2) is 34.5 Å². The first-order chi connectivity index (χ1) is 17.1. The van der Waals surface area contributed by atoms with Gasteiger partial charge < -0.3 is 9.30 Å². The Morgan fingerprint density at radius 1 is 1.08 bits per heavy atom. The van der Waals surface area contributed by atoms with Crippen LogP contribution in [0.3, 0.4) is 0 Å². The summed E-state index contributed by atoms with van der Waals surface area (Å²) in [5.41, 5.74) is 5.26. The van der Waals surface area contributed by atoms with Crippen LogP contribution in [0.25, 0.3) is 22.4 Å². The molecule has 0 saturated carbocycles. The van der Waals surface area contributed by atoms with Crippen molar-refractivity contribution in [3.8, 4) is 17.1 Å². The first-order valence-corrected chi connectivity index (χ1v) is 11.5. The third-order valence-corrected chi connectivity index (χ3v) is 5.82. The second-order valence-electron chi connectivity index (χ2n) is 8.85. The van der Waals surface area contributed by atoms with Crippen molar-refractivity contribution in [3.63, 3.8) is 0 Å². The van der Waals surface area contributed by atoms with Crippen molar-refractivity contribution in [1.29, 1.82) is 0 Å². The van der Waals surface area contributed by atoms with Crippen molar-refractivity contribution < 1.29 is 22.7 Å². The van der Waals surface area contributed by atoms with E-state index in [2.05, 4.69) is 34.6 Å². The van der Waals surface area contributed by atoms with Gasteiger partial charge in [0.15, 0.2) is 5.78 Å². The Bertz CT molecular complexity index is 1400. The van der Waals surface area contributed by atoms with E-state index in [1.54, 1.807) is 6.21 Å². The second kappa shape index (κ2) is 10.4. The summed E-state index contributed by atoms with van der Waals surface area (Å²) in [7, 11) is 1.83. The molecule has 0 saturated heterocycles. The lowest BCUT2D eigenvalue weighted by Crippen LogP contribution is -2.16. The van der Waals surface area contributed by atoms with Crippen LogP contribution in [0.1, 0.15) is 36.5 Å². The maximum Gasteiger partial charge on any atom is 0.573 e. The quantitative estimate of drug-likeness (QED) is 0.264. The fourth-order valence-electron chi connectivity index (χ4n) is 4.13. The summed E-state index contributed by atoms with van der Waals surface area (Å²) in [4.78, 5) is 21.5. The van der Waals surface area contributed by atoms with E-state index in [4.69, 9.17) is 0 Å². The highest BCUT2D eigenvalue weighted by Crippen LogP contribution is 2.28. The zero-order valence-corrected chi connectivity index (χ0v) is 20.2. The van der Waals surface area contributed by atoms with Crippen molar-refractivity contribution in [3.05, 3.63) is 83.4 Å². The second-order valence-corrected chi connectivity index (χ2v) is 8.85. The number of ketones is 1. The van der Waals surface area contributed by atoms with E-state index < -0.39 is 6.36 Å². The van der Waals surface area contributed by atoms with E-state index in [0.717, 1.165) is 22.2 Å². The minimum absolute atomic E-state index is 0.0428. The third-order valence-electron chi connectivity index (χ3n) is 5.82. The van der Waals surface area contributed by atoms with Crippen molar-refractivity contribution in [1.82, 2.24) is 9.55 Å². The molecule has 0 fully saturated rings. The van der Waals surface area contributed by atoms with E-state index >= 15 is 0 Å². The van der Waals surface area contributed by atoms with Crippen molar-refractivity contribution in [2.24, 2.45) is 12.0 Å². The summed E-state index contributed by atoms with van der Waals surface area (Å²) in [6.45, 7) is 4.31. The Morgan fingerprint density at radius 2 is 1.81 bits per heavy atom. The van der Waals surface area contributed by atoms with Gasteiger partial charge in [-0.3, -0.25) is 9.79 Å². The molecule has 4 rings (SSSR count). The maximum atomic E-state index is 12.5. The largest absolute Gasteiger partial charge is 0.573 e. The molecular formula is C28H26F3N3O2. The van der Waals surface area contributed by atoms with Crippen LogP contribution in [0.5, 0.6) is 5.75 Å². The molecule has 186 valence electrons. The van der Waals surface area contributed by atoms with Crippen molar-refractivity contribution in [2.75, 3.05) is 6.54 Å². The Balaban J connectivity index is 1.46. The zero-order valence-electron chi connectivity index (χ0n) is 20.2. The number of carbonyl (C=O) groups excluding carboxylic acids is 1. The van der Waals surface area contributed by atoms with E-state index in [-0.39, 0.29) is 18.1 Å². The van der Waals surface area contributed by atoms with Crippen molar-refractivity contribution in [2.45, 2.75) is 32.5 Å². The predicted molar refractivity (Wildman–Crippen MR) is 135 cm³/mol. The number of imidazole rings is 1. The number of halogens is 3. The predicted octanol–water partition coefficient (Wildman–Crippen LogP) is 6.49. The van der Waals surface area contributed by atoms with Crippen LogP contribution in [0.15, 0.2) is 71.7 Å². The molecule has 0 amide bonds. The van der Waals surface area contributed by atoms with Crippen LogP contribution in [0.2, 0.25) is 0 Å². The van der Waals surface area contributed by atoms with E-state index in [1.807, 2.05) is 48.0 Å². The number of benzene rings is 3. The van der Waals surface area contributed by atoms with Crippen LogP contribution in [-0.2, 0) is 18.3 Å². The Kier molecular flexibility index (Phi) is 7.24. The van der Waals surface area contributed by atoms with E-state index in [9.17, 15) is 18.0 Å². The maximum absolute atomic E-state index is 12.5. The lowest BCUT2D eigenvalue weighted by molar-refractivity contribution is -0.274. The molecule has 0 atom stereocenters. The van der Waals surface area contributed by atoms with Gasteiger partial charge in [-0.2, -0.15) is 0 Å². The lowest BCUT2D eigenvalue weighted by atomic mass is 9.94. The first-order valence-electron chi connectivity index (χ1n) is 11.5. The SMILES string of the molecule is CC(C)c1ccccc1CC(=O)CN=Cc1ccc2nc(-c3ccc(OC(F)(F)F)cc3)n(C)c2c1. The van der Waals surface area contributed by atoms with E-state index in [0.29, 0.717) is 23.7 Å². The molecule has 0 aliphatic carbocycles. The van der Waals surface area contributed by atoms with E-state index in [1.165, 1.54) is 29.8 Å². The van der Waals surface area contributed by atoms with Gasteiger partial charge in [-0.25, -0.2) is 4.98 Å². The smallest absolute Gasteiger partial charge is 0.406 e. The number of carbonyl (C=O) groups is 1. The Morgan fingerprint density at radius 3 is 2.50 bits per heavy atom. The van der Waals surface area contributed by atoms with Crippen molar-refractivity contribution >= 4 is 23.0 Å². The van der Waals surface area contributed by atoms with Gasteiger partial charge in [-0.15, -0.1) is 13.2 Å². The number of ether oxygens (including phenoxy) is 1. The summed E-state index contributed by atoms with van der Waals surface area (Å²) in [6.07, 6.45) is -2.72. The average molecular weight is 494 g/mol. The van der Waals surface area contributed by atoms with Gasteiger partial charge in [0.1, 0.15) is 11.6 Å². The van der Waals surface area contributed by atoms with Gasteiger partial charge >= 0.3 is 6.36 Å². The molecule has 5 nitrogen and oxygen atoms in total. The highest BCUT2D eigenvalue weighted by molar-refractivity contribution is 5.91. The number of alkyl halides is 3. The summed E-state index contributed by atoms with van der Waals surface area (Å²) < 4.78 is 43.0. The number of fused-ring (bicyclic) bond motifs is 1. The number of hydrogen-bond donors (Lipinski definition) is 0. The van der Waals surface area contributed by atoms with Crippen LogP contribution in [0.4, 0.5) is 13.2 Å². The summed E-state index contributed by atoms with van der Waals surface area (Å²) in [5, 5.41) is 0. The normalized spacial score (nSPS) is 12.1. The first kappa shape index (κ1) is 25.2. The number of Topliss-reactive ketones (excluding diaryl/α,β-unsaturated/α-hetero) is 1. The van der Waals surface area contributed by atoms with Gasteiger partial charge in [0, 0.05) is 25.2 Å². The van der Waals surface area contributed by atoms with Crippen LogP contribution < -0.4 is 4.74 Å². The molecule has 0 aliphatic rings. The minimum atomic E-state index is -4.74. The molecular weight excluding hydrogens is 467 g/mol. The molecule has 4 aromatic rings.